The van der Waals surface area contributed by atoms with E-state index in [0.717, 1.165) is 77.2 Å². The van der Waals surface area contributed by atoms with Crippen molar-refractivity contribution in [2.45, 2.75) is 378 Å². The third kappa shape index (κ3) is 49.7. The molecule has 0 aromatic carbocycles. The van der Waals surface area contributed by atoms with Crippen molar-refractivity contribution >= 4 is 26.5 Å². The molecule has 0 saturated carbocycles. The highest BCUT2D eigenvalue weighted by molar-refractivity contribution is 6.60. The lowest BCUT2D eigenvalue weighted by molar-refractivity contribution is -0.890. The molecule has 3 amide bonds. The van der Waals surface area contributed by atoms with Crippen molar-refractivity contribution in [2.24, 2.45) is 0 Å². The molecule has 548 valence electrons. The van der Waals surface area contributed by atoms with Gasteiger partial charge in [-0.15, -0.1) is 0 Å². The van der Waals surface area contributed by atoms with Crippen LogP contribution in [0.4, 0.5) is 0 Å². The summed E-state index contributed by atoms with van der Waals surface area (Å²) in [5.41, 5.74) is -5.07. The van der Waals surface area contributed by atoms with E-state index in [1.54, 1.807) is 0 Å². The molecule has 0 spiro atoms. The van der Waals surface area contributed by atoms with Gasteiger partial charge in [0.25, 0.3) is 0 Å². The monoisotopic (exact) mass is 1330 g/mol. The van der Waals surface area contributed by atoms with Crippen LogP contribution in [0, 0.1) is 0 Å². The number of carbonyl (C=O) groups is 3. The molecule has 0 aliphatic carbocycles. The lowest BCUT2D eigenvalue weighted by atomic mass is 10.0. The molecule has 0 radical (unpaired) electrons. The highest BCUT2D eigenvalue weighted by atomic mass is 28.4. The molecule has 0 aliphatic heterocycles. The van der Waals surface area contributed by atoms with E-state index in [4.69, 9.17) is 13.3 Å². The van der Waals surface area contributed by atoms with E-state index >= 15 is 0 Å². The molecule has 92 heavy (non-hydrogen) atoms. The molecule has 0 aliphatic rings. The molecular weight excluding hydrogens is 1180 g/mol. The van der Waals surface area contributed by atoms with Gasteiger partial charge >= 0.3 is 8.80 Å². The number of hydrogen-bond acceptors (Lipinski definition) is 12. The van der Waals surface area contributed by atoms with E-state index < -0.39 is 84.9 Å². The van der Waals surface area contributed by atoms with Gasteiger partial charge < -0.3 is 64.4 Å². The molecule has 17 heteroatoms. The van der Waals surface area contributed by atoms with Crippen LogP contribution in [0.3, 0.4) is 0 Å². The number of nitrogens with one attached hydrogen (secondary N) is 3. The van der Waals surface area contributed by atoms with E-state index in [1.165, 1.54) is 212 Å². The first-order valence-corrected chi connectivity index (χ1v) is 40.9. The van der Waals surface area contributed by atoms with Gasteiger partial charge in [-0.05, 0) is 32.1 Å². The van der Waals surface area contributed by atoms with E-state index in [9.17, 15) is 45.0 Å². The number of aliphatic hydroxyl groups is 6. The zero-order valence-electron chi connectivity index (χ0n) is 61.1. The quantitative estimate of drug-likeness (QED) is 0.0157. The number of aliphatic hydroxyl groups excluding tert-OH is 6. The molecule has 0 saturated heterocycles. The summed E-state index contributed by atoms with van der Waals surface area (Å²) < 4.78 is 21.2. The molecule has 9 N–H and O–H groups in total. The first-order chi connectivity index (χ1) is 44.6. The van der Waals surface area contributed by atoms with Gasteiger partial charge in [0.05, 0.1) is 86.6 Å². The molecule has 0 heterocycles. The van der Waals surface area contributed by atoms with Crippen LogP contribution >= 0.6 is 0 Å². The Morgan fingerprint density at radius 1 is 0.293 bits per heavy atom. The van der Waals surface area contributed by atoms with Crippen molar-refractivity contribution in [1.82, 2.24) is 16.0 Å². The Labute approximate surface area is 567 Å². The molecular formula is C75H153N4O12Si+. The summed E-state index contributed by atoms with van der Waals surface area (Å²) in [6.45, 7) is 4.95. The van der Waals surface area contributed by atoms with E-state index in [1.807, 2.05) is 0 Å². The van der Waals surface area contributed by atoms with Crippen molar-refractivity contribution in [3.8, 4) is 0 Å². The van der Waals surface area contributed by atoms with Crippen LogP contribution in [0.2, 0.25) is 6.04 Å². The molecule has 0 aromatic rings. The van der Waals surface area contributed by atoms with Gasteiger partial charge in [-0.2, -0.15) is 0 Å². The van der Waals surface area contributed by atoms with Crippen molar-refractivity contribution in [2.75, 3.05) is 86.6 Å². The molecule has 0 fully saturated rings. The summed E-state index contributed by atoms with van der Waals surface area (Å²) >= 11 is 0. The minimum absolute atomic E-state index is 0.117. The fraction of sp³-hybridized carbons (Fsp3) is 0.960. The number of rotatable bonds is 73. The van der Waals surface area contributed by atoms with Crippen LogP contribution in [0.15, 0.2) is 0 Å². The Balaban J connectivity index is 6.67. The summed E-state index contributed by atoms with van der Waals surface area (Å²) in [5.74, 6) is -1.07. The Hall–Kier alpha value is -1.77. The van der Waals surface area contributed by atoms with Crippen molar-refractivity contribution in [1.29, 1.82) is 0 Å². The SMILES string of the molecule is CCCCCCCCCCCCCCCC(=O)NC(CO)(CO)CO[Si](CCC[N+](C)(C)CCCCCCCCCC)(OCC(CO)(CO)NC(=O)CCCCCCCCCCCCCCC)OCC(CO)(CO)NC(=O)CCCCCCCCCCCCCCC. The molecule has 0 atom stereocenters. The van der Waals surface area contributed by atoms with Crippen molar-refractivity contribution in [3.05, 3.63) is 0 Å². The minimum atomic E-state index is -4.35. The van der Waals surface area contributed by atoms with E-state index in [2.05, 4.69) is 57.7 Å². The number of carbonyl (C=O) groups excluding carboxylic acids is 3. The van der Waals surface area contributed by atoms with Crippen LogP contribution in [0.1, 0.15) is 355 Å². The standard InChI is InChI=1S/C75H152N4O12Si/c1-7-11-15-19-23-27-30-33-36-39-42-46-50-55-70(86)76-73(61-80,62-81)67-89-92(60-54-59-79(5,6)58-53-49-45-26-22-18-14-10-4,90-68-74(63-82,64-83)77-71(87)56-51-47-43-40-37-34-31-28-24-20-16-12-8-2)91-69-75(65-84,66-85)78-72(88)57-52-48-44-41-38-35-32-29-25-21-17-13-9-3/h80-85H,7-69H2,1-6H3,(H2-,76,77,78,86,87,88)/p+1. The molecule has 16 nitrogen and oxygen atoms in total. The van der Waals surface area contributed by atoms with Crippen LogP contribution in [0.25, 0.3) is 0 Å². The maximum Gasteiger partial charge on any atom is 0.501 e. The summed E-state index contributed by atoms with van der Waals surface area (Å²) in [6, 6.07) is 0.117. The van der Waals surface area contributed by atoms with Crippen LogP contribution in [-0.4, -0.2) is 165 Å². The first kappa shape index (κ1) is 90.2. The number of amides is 3. The van der Waals surface area contributed by atoms with Crippen molar-refractivity contribution in [3.63, 3.8) is 0 Å². The van der Waals surface area contributed by atoms with E-state index in [-0.39, 0.29) is 43.0 Å². The second-order valence-corrected chi connectivity index (χ2v) is 31.7. The zero-order valence-corrected chi connectivity index (χ0v) is 62.1. The Morgan fingerprint density at radius 3 is 0.685 bits per heavy atom. The summed E-state index contributed by atoms with van der Waals surface area (Å²) in [5, 5.41) is 75.1. The lowest BCUT2D eigenvalue weighted by Gasteiger charge is -2.41. The highest BCUT2D eigenvalue weighted by Crippen LogP contribution is 2.27. The normalized spacial score (nSPS) is 12.5. The van der Waals surface area contributed by atoms with Crippen LogP contribution in [0.5, 0.6) is 0 Å². The van der Waals surface area contributed by atoms with Gasteiger partial charge in [0.1, 0.15) is 16.6 Å². The third-order valence-corrected chi connectivity index (χ3v) is 21.8. The predicted molar refractivity (Wildman–Crippen MR) is 384 cm³/mol. The molecule has 0 aromatic heterocycles. The highest BCUT2D eigenvalue weighted by Gasteiger charge is 2.49. The summed E-state index contributed by atoms with van der Waals surface area (Å²) in [6.07, 6.45) is 56.0. The molecule has 0 unspecified atom stereocenters. The van der Waals surface area contributed by atoms with Gasteiger partial charge in [-0.25, -0.2) is 0 Å². The van der Waals surface area contributed by atoms with Crippen LogP contribution in [-0.2, 0) is 27.7 Å². The third-order valence-electron chi connectivity index (χ3n) is 19.1. The summed E-state index contributed by atoms with van der Waals surface area (Å²) in [4.78, 5) is 41.2. The molecule has 0 bridgehead atoms. The molecule has 0 rings (SSSR count). The Bertz CT molecular complexity index is 1500. The predicted octanol–water partition coefficient (Wildman–Crippen LogP) is 15.5. The Kier molecular flexibility index (Phi) is 60.4. The second kappa shape index (κ2) is 61.6. The van der Waals surface area contributed by atoms with E-state index in [0.29, 0.717) is 36.7 Å². The van der Waals surface area contributed by atoms with Gasteiger partial charge in [0, 0.05) is 31.7 Å². The average molecular weight is 1330 g/mol. The van der Waals surface area contributed by atoms with Gasteiger partial charge in [-0.1, -0.05) is 297 Å². The topological polar surface area (TPSA) is 236 Å². The van der Waals surface area contributed by atoms with Gasteiger partial charge in [0.2, 0.25) is 17.7 Å². The van der Waals surface area contributed by atoms with Crippen molar-refractivity contribution < 1.29 is 62.8 Å². The largest absolute Gasteiger partial charge is 0.501 e. The number of nitrogens with zero attached hydrogens (tertiary/aromatic N) is 1. The van der Waals surface area contributed by atoms with Gasteiger partial charge in [0.15, 0.2) is 0 Å². The number of quaternary nitrogens is 1. The smallest absolute Gasteiger partial charge is 0.394 e. The Morgan fingerprint density at radius 2 is 0.478 bits per heavy atom. The first-order valence-electron chi connectivity index (χ1n) is 38.9. The number of unbranched alkanes of at least 4 members (excludes halogenated alkanes) is 43. The minimum Gasteiger partial charge on any atom is -0.394 e. The maximum atomic E-state index is 13.7. The lowest BCUT2D eigenvalue weighted by Crippen LogP contribution is -2.64. The fourth-order valence-corrected chi connectivity index (χ4v) is 15.1. The van der Waals surface area contributed by atoms with Gasteiger partial charge in [-0.3, -0.25) is 14.4 Å². The summed E-state index contributed by atoms with van der Waals surface area (Å²) in [7, 11) is -0.000649. The number of hydrogen-bond donors (Lipinski definition) is 9. The van der Waals surface area contributed by atoms with Crippen LogP contribution < -0.4 is 16.0 Å². The fourth-order valence-electron chi connectivity index (χ4n) is 12.3. The maximum absolute atomic E-state index is 13.7. The average Bonchev–Trinajstić information content (AvgIpc) is 0.840. The second-order valence-electron chi connectivity index (χ2n) is 28.9. The zero-order chi connectivity index (χ0) is 68.0.